The summed E-state index contributed by atoms with van der Waals surface area (Å²) in [6.45, 7) is 2.00. The molecule has 1 saturated carbocycles. The minimum Gasteiger partial charge on any atom is -0.349 e. The van der Waals surface area contributed by atoms with E-state index in [4.69, 9.17) is 11.6 Å². The second-order valence-corrected chi connectivity index (χ2v) is 7.16. The molecule has 0 spiro atoms. The normalized spacial score (nSPS) is 16.1. The van der Waals surface area contributed by atoms with Gasteiger partial charge in [0.25, 0.3) is 0 Å². The summed E-state index contributed by atoms with van der Waals surface area (Å²) in [5.41, 5.74) is 2.54. The lowest BCUT2D eigenvalue weighted by atomic mass is 9.94. The molecule has 132 valence electrons. The van der Waals surface area contributed by atoms with Gasteiger partial charge in [0.2, 0.25) is 5.91 Å². The van der Waals surface area contributed by atoms with Crippen LogP contribution in [0.3, 0.4) is 0 Å². The summed E-state index contributed by atoms with van der Waals surface area (Å²) >= 11 is 6.10. The van der Waals surface area contributed by atoms with Crippen molar-refractivity contribution in [1.29, 1.82) is 0 Å². The summed E-state index contributed by atoms with van der Waals surface area (Å²) in [5, 5.41) is 7.94. The smallest absolute Gasteiger partial charge is 0.231 e. The molecule has 1 atom stereocenters. The zero-order valence-corrected chi connectivity index (χ0v) is 15.1. The molecule has 1 aliphatic carbocycles. The summed E-state index contributed by atoms with van der Waals surface area (Å²) in [5.74, 6) is 0.0626. The monoisotopic (exact) mass is 366 g/mol. The Morgan fingerprint density at radius 3 is 2.62 bits per heavy atom. The van der Waals surface area contributed by atoms with Crippen molar-refractivity contribution in [1.82, 2.24) is 20.1 Å². The Morgan fingerprint density at radius 2 is 2.00 bits per heavy atom. The molecular formula is C20H19ClN4O. The van der Waals surface area contributed by atoms with Crippen LogP contribution < -0.4 is 5.32 Å². The summed E-state index contributed by atoms with van der Waals surface area (Å²) < 4.78 is 1.70. The molecule has 1 unspecified atom stereocenters. The van der Waals surface area contributed by atoms with E-state index in [0.717, 1.165) is 29.7 Å². The van der Waals surface area contributed by atoms with Gasteiger partial charge in [-0.3, -0.25) is 4.79 Å². The maximum atomic E-state index is 12.9. The van der Waals surface area contributed by atoms with Crippen LogP contribution in [0, 0.1) is 0 Å². The standard InChI is InChI=1S/C20H19ClN4O/c1-14(15-5-7-18(8-6-15)25-13-22-12-23-25)24-19(26)20(9-10-20)16-3-2-4-17(21)11-16/h2-8,11-14H,9-10H2,1H3,(H,24,26). The Labute approximate surface area is 157 Å². The van der Waals surface area contributed by atoms with Gasteiger partial charge in [0, 0.05) is 5.02 Å². The molecule has 0 bridgehead atoms. The average molecular weight is 367 g/mol. The number of hydrogen-bond donors (Lipinski definition) is 1. The number of carbonyl (C=O) groups excluding carboxylic acids is 1. The maximum Gasteiger partial charge on any atom is 0.231 e. The molecule has 0 radical (unpaired) electrons. The minimum absolute atomic E-state index is 0.0626. The van der Waals surface area contributed by atoms with Gasteiger partial charge in [0.15, 0.2) is 0 Å². The van der Waals surface area contributed by atoms with Crippen molar-refractivity contribution in [3.63, 3.8) is 0 Å². The fourth-order valence-corrected chi connectivity index (χ4v) is 3.42. The predicted octanol–water partition coefficient (Wildman–Crippen LogP) is 3.83. The zero-order chi connectivity index (χ0) is 18.1. The first-order chi connectivity index (χ1) is 12.6. The number of aromatic nitrogens is 3. The van der Waals surface area contributed by atoms with Crippen LogP contribution in [0.25, 0.3) is 5.69 Å². The topological polar surface area (TPSA) is 59.8 Å². The van der Waals surface area contributed by atoms with E-state index in [1.165, 1.54) is 6.33 Å². The van der Waals surface area contributed by atoms with Crippen LogP contribution in [0.15, 0.2) is 61.2 Å². The molecular weight excluding hydrogens is 348 g/mol. The Morgan fingerprint density at radius 1 is 1.23 bits per heavy atom. The molecule has 26 heavy (non-hydrogen) atoms. The summed E-state index contributed by atoms with van der Waals surface area (Å²) in [7, 11) is 0. The number of nitrogens with one attached hydrogen (secondary N) is 1. The van der Waals surface area contributed by atoms with E-state index in [1.54, 1.807) is 11.0 Å². The van der Waals surface area contributed by atoms with Crippen molar-refractivity contribution in [3.8, 4) is 5.69 Å². The van der Waals surface area contributed by atoms with Gasteiger partial charge in [-0.15, -0.1) is 0 Å². The third kappa shape index (κ3) is 3.10. The van der Waals surface area contributed by atoms with Crippen molar-refractivity contribution >= 4 is 17.5 Å². The fraction of sp³-hybridized carbons (Fsp3) is 0.250. The summed E-state index contributed by atoms with van der Waals surface area (Å²) in [6.07, 6.45) is 4.87. The highest BCUT2D eigenvalue weighted by atomic mass is 35.5. The lowest BCUT2D eigenvalue weighted by molar-refractivity contribution is -0.124. The number of benzene rings is 2. The zero-order valence-electron chi connectivity index (χ0n) is 14.4. The first-order valence-corrected chi connectivity index (χ1v) is 8.98. The second kappa shape index (κ2) is 6.57. The predicted molar refractivity (Wildman–Crippen MR) is 100 cm³/mol. The highest BCUT2D eigenvalue weighted by molar-refractivity contribution is 6.30. The van der Waals surface area contributed by atoms with Gasteiger partial charge < -0.3 is 5.32 Å². The first-order valence-electron chi connectivity index (χ1n) is 8.60. The van der Waals surface area contributed by atoms with Gasteiger partial charge in [0.05, 0.1) is 17.1 Å². The van der Waals surface area contributed by atoms with Gasteiger partial charge >= 0.3 is 0 Å². The fourth-order valence-electron chi connectivity index (χ4n) is 3.23. The number of nitrogens with zero attached hydrogens (tertiary/aromatic N) is 3. The van der Waals surface area contributed by atoms with Crippen LogP contribution in [-0.4, -0.2) is 20.7 Å². The lowest BCUT2D eigenvalue weighted by Gasteiger charge is -2.20. The molecule has 0 aliphatic heterocycles. The van der Waals surface area contributed by atoms with E-state index in [2.05, 4.69) is 15.4 Å². The minimum atomic E-state index is -0.431. The molecule has 4 rings (SSSR count). The van der Waals surface area contributed by atoms with Gasteiger partial charge in [-0.25, -0.2) is 9.67 Å². The molecule has 1 heterocycles. The van der Waals surface area contributed by atoms with Crippen molar-refractivity contribution in [2.45, 2.75) is 31.2 Å². The van der Waals surface area contributed by atoms with Gasteiger partial charge in [0.1, 0.15) is 12.7 Å². The van der Waals surface area contributed by atoms with Crippen molar-refractivity contribution < 1.29 is 4.79 Å². The Balaban J connectivity index is 1.48. The van der Waals surface area contributed by atoms with E-state index in [1.807, 2.05) is 55.5 Å². The van der Waals surface area contributed by atoms with E-state index in [9.17, 15) is 4.79 Å². The Kier molecular flexibility index (Phi) is 4.24. The quantitative estimate of drug-likeness (QED) is 0.746. The first kappa shape index (κ1) is 16.8. The lowest BCUT2D eigenvalue weighted by Crippen LogP contribution is -2.36. The molecule has 5 nitrogen and oxygen atoms in total. The highest BCUT2D eigenvalue weighted by Gasteiger charge is 2.51. The van der Waals surface area contributed by atoms with Gasteiger partial charge in [-0.05, 0) is 55.2 Å². The molecule has 3 aromatic rings. The summed E-state index contributed by atoms with van der Waals surface area (Å²) in [4.78, 5) is 16.8. The molecule has 1 amide bonds. The van der Waals surface area contributed by atoms with Crippen molar-refractivity contribution in [3.05, 3.63) is 77.3 Å². The number of rotatable bonds is 5. The van der Waals surface area contributed by atoms with Crippen LogP contribution >= 0.6 is 11.6 Å². The third-order valence-corrected chi connectivity index (χ3v) is 5.22. The van der Waals surface area contributed by atoms with E-state index in [0.29, 0.717) is 5.02 Å². The van der Waals surface area contributed by atoms with E-state index in [-0.39, 0.29) is 11.9 Å². The Hall–Kier alpha value is -2.66. The number of halogens is 1. The third-order valence-electron chi connectivity index (χ3n) is 4.99. The van der Waals surface area contributed by atoms with Crippen LogP contribution in [-0.2, 0) is 10.2 Å². The van der Waals surface area contributed by atoms with Crippen molar-refractivity contribution in [2.75, 3.05) is 0 Å². The molecule has 1 N–H and O–H groups in total. The van der Waals surface area contributed by atoms with E-state index < -0.39 is 5.41 Å². The molecule has 2 aromatic carbocycles. The van der Waals surface area contributed by atoms with Crippen LogP contribution in [0.1, 0.15) is 36.9 Å². The maximum absolute atomic E-state index is 12.9. The molecule has 0 saturated heterocycles. The molecule has 1 aliphatic rings. The second-order valence-electron chi connectivity index (χ2n) is 6.72. The van der Waals surface area contributed by atoms with Gasteiger partial charge in [-0.1, -0.05) is 35.9 Å². The molecule has 1 aromatic heterocycles. The molecule has 1 fully saturated rings. The van der Waals surface area contributed by atoms with Crippen LogP contribution in [0.4, 0.5) is 0 Å². The largest absolute Gasteiger partial charge is 0.349 e. The van der Waals surface area contributed by atoms with Crippen LogP contribution in [0.5, 0.6) is 0 Å². The van der Waals surface area contributed by atoms with Crippen molar-refractivity contribution in [2.24, 2.45) is 0 Å². The van der Waals surface area contributed by atoms with E-state index >= 15 is 0 Å². The van der Waals surface area contributed by atoms with Gasteiger partial charge in [-0.2, -0.15) is 5.10 Å². The number of amides is 1. The Bertz CT molecular complexity index is 917. The molecule has 6 heteroatoms. The number of hydrogen-bond acceptors (Lipinski definition) is 3. The highest BCUT2D eigenvalue weighted by Crippen LogP contribution is 2.49. The average Bonchev–Trinajstić information content (AvgIpc) is 3.29. The summed E-state index contributed by atoms with van der Waals surface area (Å²) in [6, 6.07) is 15.5. The van der Waals surface area contributed by atoms with Crippen LogP contribution in [0.2, 0.25) is 5.02 Å². The SMILES string of the molecule is CC(NC(=O)C1(c2cccc(Cl)c2)CC1)c1ccc(-n2cncn2)cc1. The number of carbonyl (C=O) groups is 1.